The van der Waals surface area contributed by atoms with Crippen LogP contribution in [-0.2, 0) is 12.2 Å². The smallest absolute Gasteiger partial charge is 0.0463 e. The van der Waals surface area contributed by atoms with Crippen LogP contribution in [0.2, 0.25) is 0 Å². The Morgan fingerprint density at radius 2 is 1.72 bits per heavy atom. The van der Waals surface area contributed by atoms with Crippen LogP contribution in [-0.4, -0.2) is 0 Å². The molecule has 2 N–H and O–H groups in total. The van der Waals surface area contributed by atoms with Crippen LogP contribution in [0.15, 0.2) is 51.8 Å². The lowest BCUT2D eigenvalue weighted by atomic mass is 10.1. The second-order valence-electron chi connectivity index (χ2n) is 4.14. The van der Waals surface area contributed by atoms with Gasteiger partial charge >= 0.3 is 0 Å². The Labute approximate surface area is 121 Å². The standard InChI is InChI=1S/C15H16BrNS/c1-2-11-3-5-12(6-4-11)10-18-15-8-7-13(16)9-14(15)17/h3-9H,2,10,17H2,1H3. The van der Waals surface area contributed by atoms with Gasteiger partial charge in [-0.2, -0.15) is 0 Å². The van der Waals surface area contributed by atoms with Crippen molar-refractivity contribution in [2.24, 2.45) is 0 Å². The molecule has 0 bridgehead atoms. The first-order valence-corrected chi connectivity index (χ1v) is 7.72. The first-order valence-electron chi connectivity index (χ1n) is 5.94. The van der Waals surface area contributed by atoms with E-state index in [1.54, 1.807) is 11.8 Å². The first-order chi connectivity index (χ1) is 8.69. The summed E-state index contributed by atoms with van der Waals surface area (Å²) in [6, 6.07) is 14.8. The average Bonchev–Trinajstić information content (AvgIpc) is 2.38. The van der Waals surface area contributed by atoms with E-state index in [0.29, 0.717) is 0 Å². The molecule has 0 aliphatic heterocycles. The predicted octanol–water partition coefficient (Wildman–Crippen LogP) is 4.89. The van der Waals surface area contributed by atoms with E-state index in [0.717, 1.165) is 27.2 Å². The number of benzene rings is 2. The van der Waals surface area contributed by atoms with E-state index in [1.807, 2.05) is 12.1 Å². The van der Waals surface area contributed by atoms with Gasteiger partial charge in [0.1, 0.15) is 0 Å². The van der Waals surface area contributed by atoms with Gasteiger partial charge in [0.25, 0.3) is 0 Å². The fourth-order valence-corrected chi connectivity index (χ4v) is 2.97. The molecule has 0 aliphatic carbocycles. The second kappa shape index (κ2) is 6.30. The molecule has 0 aromatic heterocycles. The Balaban J connectivity index is 2.02. The van der Waals surface area contributed by atoms with Gasteiger partial charge in [0.15, 0.2) is 0 Å². The number of hydrogen-bond donors (Lipinski definition) is 1. The van der Waals surface area contributed by atoms with E-state index in [1.165, 1.54) is 11.1 Å². The molecule has 2 aromatic rings. The van der Waals surface area contributed by atoms with Gasteiger partial charge in [-0.05, 0) is 35.7 Å². The molecular formula is C15H16BrNS. The van der Waals surface area contributed by atoms with Crippen LogP contribution in [0.1, 0.15) is 18.1 Å². The molecule has 0 radical (unpaired) electrons. The van der Waals surface area contributed by atoms with Gasteiger partial charge in [0.2, 0.25) is 0 Å². The molecule has 94 valence electrons. The summed E-state index contributed by atoms with van der Waals surface area (Å²) in [7, 11) is 0. The number of anilines is 1. The van der Waals surface area contributed by atoms with Gasteiger partial charge in [-0.15, -0.1) is 11.8 Å². The maximum absolute atomic E-state index is 5.98. The molecular weight excluding hydrogens is 306 g/mol. The third kappa shape index (κ3) is 3.53. The lowest BCUT2D eigenvalue weighted by molar-refractivity contribution is 1.13. The van der Waals surface area contributed by atoms with Gasteiger partial charge in [0.05, 0.1) is 0 Å². The van der Waals surface area contributed by atoms with Crippen molar-refractivity contribution in [1.29, 1.82) is 0 Å². The number of nitrogens with two attached hydrogens (primary N) is 1. The van der Waals surface area contributed by atoms with Crippen molar-refractivity contribution < 1.29 is 0 Å². The van der Waals surface area contributed by atoms with Crippen molar-refractivity contribution in [3.63, 3.8) is 0 Å². The minimum atomic E-state index is 0.833. The van der Waals surface area contributed by atoms with Gasteiger partial charge in [-0.25, -0.2) is 0 Å². The van der Waals surface area contributed by atoms with Crippen LogP contribution in [0.5, 0.6) is 0 Å². The molecule has 0 heterocycles. The van der Waals surface area contributed by atoms with Crippen molar-refractivity contribution in [2.75, 3.05) is 5.73 Å². The Morgan fingerprint density at radius 1 is 1.06 bits per heavy atom. The summed E-state index contributed by atoms with van der Waals surface area (Å²) >= 11 is 5.20. The number of hydrogen-bond acceptors (Lipinski definition) is 2. The maximum Gasteiger partial charge on any atom is 0.0463 e. The number of halogens is 1. The summed E-state index contributed by atoms with van der Waals surface area (Å²) in [4.78, 5) is 1.14. The Kier molecular flexibility index (Phi) is 4.72. The van der Waals surface area contributed by atoms with Crippen molar-refractivity contribution in [3.05, 3.63) is 58.1 Å². The number of rotatable bonds is 4. The number of nitrogen functional groups attached to an aromatic ring is 1. The van der Waals surface area contributed by atoms with E-state index in [-0.39, 0.29) is 0 Å². The zero-order valence-electron chi connectivity index (χ0n) is 10.3. The SMILES string of the molecule is CCc1ccc(CSc2ccc(Br)cc2N)cc1. The summed E-state index contributed by atoms with van der Waals surface area (Å²) in [6.45, 7) is 2.17. The molecule has 2 aromatic carbocycles. The van der Waals surface area contributed by atoms with E-state index in [4.69, 9.17) is 5.73 Å². The van der Waals surface area contributed by atoms with E-state index < -0.39 is 0 Å². The van der Waals surface area contributed by atoms with Crippen LogP contribution in [0.3, 0.4) is 0 Å². The van der Waals surface area contributed by atoms with Crippen LogP contribution in [0.25, 0.3) is 0 Å². The molecule has 0 fully saturated rings. The largest absolute Gasteiger partial charge is 0.398 e. The van der Waals surface area contributed by atoms with Crippen LogP contribution >= 0.6 is 27.7 Å². The van der Waals surface area contributed by atoms with E-state index in [2.05, 4.69) is 53.2 Å². The van der Waals surface area contributed by atoms with E-state index in [9.17, 15) is 0 Å². The monoisotopic (exact) mass is 321 g/mol. The second-order valence-corrected chi connectivity index (χ2v) is 6.07. The summed E-state index contributed by atoms with van der Waals surface area (Å²) in [6.07, 6.45) is 1.09. The average molecular weight is 322 g/mol. The molecule has 0 spiro atoms. The highest BCUT2D eigenvalue weighted by atomic mass is 79.9. The molecule has 2 rings (SSSR count). The fraction of sp³-hybridized carbons (Fsp3) is 0.200. The topological polar surface area (TPSA) is 26.0 Å². The summed E-state index contributed by atoms with van der Waals surface area (Å²) in [5, 5.41) is 0. The van der Waals surface area contributed by atoms with Crippen molar-refractivity contribution in [2.45, 2.75) is 24.0 Å². The van der Waals surface area contributed by atoms with E-state index >= 15 is 0 Å². The predicted molar refractivity (Wildman–Crippen MR) is 83.9 cm³/mol. The van der Waals surface area contributed by atoms with Crippen molar-refractivity contribution in [3.8, 4) is 0 Å². The molecule has 0 amide bonds. The Hall–Kier alpha value is -0.930. The van der Waals surface area contributed by atoms with Crippen LogP contribution in [0, 0.1) is 0 Å². The zero-order chi connectivity index (χ0) is 13.0. The molecule has 0 saturated heterocycles. The third-order valence-electron chi connectivity index (χ3n) is 2.80. The van der Waals surface area contributed by atoms with Gasteiger partial charge in [0, 0.05) is 20.8 Å². The molecule has 18 heavy (non-hydrogen) atoms. The summed E-state index contributed by atoms with van der Waals surface area (Å²) in [5.74, 6) is 0.954. The first kappa shape index (κ1) is 13.5. The normalized spacial score (nSPS) is 10.6. The highest BCUT2D eigenvalue weighted by Crippen LogP contribution is 2.30. The molecule has 1 nitrogen and oxygen atoms in total. The number of thioether (sulfide) groups is 1. The molecule has 0 saturated carbocycles. The molecule has 0 aliphatic rings. The highest BCUT2D eigenvalue weighted by Gasteiger charge is 2.01. The summed E-state index contributed by atoms with van der Waals surface area (Å²) < 4.78 is 1.02. The summed E-state index contributed by atoms with van der Waals surface area (Å²) in [5.41, 5.74) is 9.53. The minimum absolute atomic E-state index is 0.833. The van der Waals surface area contributed by atoms with Crippen molar-refractivity contribution >= 4 is 33.4 Å². The Morgan fingerprint density at radius 3 is 2.33 bits per heavy atom. The minimum Gasteiger partial charge on any atom is -0.398 e. The highest BCUT2D eigenvalue weighted by molar-refractivity contribution is 9.10. The fourth-order valence-electron chi connectivity index (χ4n) is 1.68. The molecule has 0 unspecified atom stereocenters. The number of aryl methyl sites for hydroxylation is 1. The lowest BCUT2D eigenvalue weighted by Crippen LogP contribution is -1.89. The zero-order valence-corrected chi connectivity index (χ0v) is 12.7. The van der Waals surface area contributed by atoms with Gasteiger partial charge in [-0.3, -0.25) is 0 Å². The van der Waals surface area contributed by atoms with Crippen molar-refractivity contribution in [1.82, 2.24) is 0 Å². The molecule has 3 heteroatoms. The maximum atomic E-state index is 5.98. The van der Waals surface area contributed by atoms with Gasteiger partial charge in [-0.1, -0.05) is 47.1 Å². The van der Waals surface area contributed by atoms with Crippen LogP contribution < -0.4 is 5.73 Å². The third-order valence-corrected chi connectivity index (χ3v) is 4.45. The molecule has 0 atom stereocenters. The van der Waals surface area contributed by atoms with Crippen LogP contribution in [0.4, 0.5) is 5.69 Å². The Bertz CT molecular complexity index is 523. The lowest BCUT2D eigenvalue weighted by Gasteiger charge is -2.06. The quantitative estimate of drug-likeness (QED) is 0.641. The van der Waals surface area contributed by atoms with Gasteiger partial charge < -0.3 is 5.73 Å².